The van der Waals surface area contributed by atoms with Crippen LogP contribution in [0.15, 0.2) is 24.3 Å². The first kappa shape index (κ1) is 17.4. The molecule has 0 spiro atoms. The number of halogens is 1. The molecule has 1 N–H and O–H groups in total. The third-order valence-corrected chi connectivity index (χ3v) is 3.98. The van der Waals surface area contributed by atoms with Gasteiger partial charge in [-0.05, 0) is 44.0 Å². The maximum atomic E-state index is 13.0. The monoisotopic (exact) mass is 322 g/mol. The summed E-state index contributed by atoms with van der Waals surface area (Å²) in [6.45, 7) is 3.34. The maximum absolute atomic E-state index is 13.0. The molecule has 126 valence electrons. The number of amides is 2. The molecule has 1 aromatic carbocycles. The molecule has 2 rings (SSSR count). The van der Waals surface area contributed by atoms with Crippen LogP contribution in [0.2, 0.25) is 0 Å². The Labute approximate surface area is 135 Å². The Morgan fingerprint density at radius 1 is 1.39 bits per heavy atom. The normalized spacial score (nSPS) is 19.3. The van der Waals surface area contributed by atoms with E-state index in [0.717, 1.165) is 12.8 Å². The van der Waals surface area contributed by atoms with Crippen LogP contribution in [0.3, 0.4) is 0 Å². The van der Waals surface area contributed by atoms with Gasteiger partial charge >= 0.3 is 0 Å². The Bertz CT molecular complexity index is 547. The summed E-state index contributed by atoms with van der Waals surface area (Å²) < 4.78 is 18.0. The number of methoxy groups -OCH3 is 1. The highest BCUT2D eigenvalue weighted by molar-refractivity contribution is 5.94. The van der Waals surface area contributed by atoms with Crippen LogP contribution < -0.4 is 5.32 Å². The number of ether oxygens (including phenoxy) is 1. The van der Waals surface area contributed by atoms with Crippen molar-refractivity contribution in [3.8, 4) is 0 Å². The number of likely N-dealkylation sites (tertiary alicyclic amines) is 1. The topological polar surface area (TPSA) is 58.6 Å². The molecule has 1 heterocycles. The predicted molar refractivity (Wildman–Crippen MR) is 84.5 cm³/mol. The third-order valence-electron chi connectivity index (χ3n) is 3.98. The lowest BCUT2D eigenvalue weighted by Gasteiger charge is -2.32. The highest BCUT2D eigenvalue weighted by Crippen LogP contribution is 2.19. The molecule has 2 atom stereocenters. The second-order valence-electron chi connectivity index (χ2n) is 5.96. The minimum atomic E-state index is -0.371. The maximum Gasteiger partial charge on any atom is 0.253 e. The summed E-state index contributed by atoms with van der Waals surface area (Å²) in [6, 6.07) is 5.43. The fraction of sp³-hybridized carbons (Fsp3) is 0.529. The molecule has 0 saturated carbocycles. The lowest BCUT2D eigenvalue weighted by molar-refractivity contribution is -0.127. The fourth-order valence-corrected chi connectivity index (χ4v) is 2.80. The zero-order valence-corrected chi connectivity index (χ0v) is 13.5. The number of piperidine rings is 1. The van der Waals surface area contributed by atoms with Gasteiger partial charge in [0.1, 0.15) is 5.82 Å². The molecule has 1 aliphatic heterocycles. The van der Waals surface area contributed by atoms with Gasteiger partial charge in [-0.15, -0.1) is 0 Å². The first-order chi connectivity index (χ1) is 11.0. The van der Waals surface area contributed by atoms with Crippen molar-refractivity contribution in [1.29, 1.82) is 0 Å². The largest absolute Gasteiger partial charge is 0.383 e. The van der Waals surface area contributed by atoms with Gasteiger partial charge in [0.25, 0.3) is 5.91 Å². The van der Waals surface area contributed by atoms with E-state index in [-0.39, 0.29) is 29.6 Å². The molecule has 6 heteroatoms. The molecular weight excluding hydrogens is 299 g/mol. The molecule has 5 nitrogen and oxygen atoms in total. The second kappa shape index (κ2) is 8.06. The average Bonchev–Trinajstić information content (AvgIpc) is 2.55. The molecule has 2 amide bonds. The van der Waals surface area contributed by atoms with E-state index in [2.05, 4.69) is 5.32 Å². The minimum absolute atomic E-state index is 0.0499. The van der Waals surface area contributed by atoms with Crippen molar-refractivity contribution in [2.45, 2.75) is 25.8 Å². The number of hydrogen-bond acceptors (Lipinski definition) is 3. The number of hydrogen-bond donors (Lipinski definition) is 1. The molecule has 1 fully saturated rings. The van der Waals surface area contributed by atoms with Gasteiger partial charge in [-0.1, -0.05) is 0 Å². The van der Waals surface area contributed by atoms with Crippen molar-refractivity contribution in [2.24, 2.45) is 5.92 Å². The Morgan fingerprint density at radius 2 is 2.09 bits per heavy atom. The molecule has 1 unspecified atom stereocenters. The van der Waals surface area contributed by atoms with Crippen LogP contribution in [0.25, 0.3) is 0 Å². The molecule has 1 aromatic rings. The van der Waals surface area contributed by atoms with Gasteiger partial charge in [-0.3, -0.25) is 9.59 Å². The van der Waals surface area contributed by atoms with Crippen LogP contribution in [0.4, 0.5) is 4.39 Å². The molecule has 1 saturated heterocycles. The van der Waals surface area contributed by atoms with Gasteiger partial charge in [0.05, 0.1) is 12.5 Å². The quantitative estimate of drug-likeness (QED) is 0.900. The van der Waals surface area contributed by atoms with E-state index in [9.17, 15) is 14.0 Å². The summed E-state index contributed by atoms with van der Waals surface area (Å²) in [4.78, 5) is 26.4. The standard InChI is InChI=1S/C17H23FN2O3/c1-12(11-23-2)19-16(21)14-4-3-9-20(10-14)17(22)13-5-7-15(18)8-6-13/h5-8,12,14H,3-4,9-11H2,1-2H3,(H,19,21)/t12-,14?/m1/s1. The average molecular weight is 322 g/mol. The lowest BCUT2D eigenvalue weighted by atomic mass is 9.96. The van der Waals surface area contributed by atoms with Gasteiger partial charge < -0.3 is 15.0 Å². The van der Waals surface area contributed by atoms with E-state index in [1.807, 2.05) is 6.92 Å². The number of nitrogens with zero attached hydrogens (tertiary/aromatic N) is 1. The summed E-state index contributed by atoms with van der Waals surface area (Å²) >= 11 is 0. The van der Waals surface area contributed by atoms with Crippen molar-refractivity contribution >= 4 is 11.8 Å². The SMILES string of the molecule is COC[C@@H](C)NC(=O)C1CCCN(C(=O)c2ccc(F)cc2)C1. The van der Waals surface area contributed by atoms with E-state index < -0.39 is 0 Å². The molecule has 0 bridgehead atoms. The van der Waals surface area contributed by atoms with Crippen molar-refractivity contribution in [3.63, 3.8) is 0 Å². The summed E-state index contributed by atoms with van der Waals surface area (Å²) in [5.41, 5.74) is 0.445. The van der Waals surface area contributed by atoms with Crippen LogP contribution in [-0.2, 0) is 9.53 Å². The molecule has 23 heavy (non-hydrogen) atoms. The molecule has 0 aliphatic carbocycles. The third kappa shape index (κ3) is 4.76. The Hall–Kier alpha value is -1.95. The smallest absolute Gasteiger partial charge is 0.253 e. The number of carbonyl (C=O) groups is 2. The zero-order valence-electron chi connectivity index (χ0n) is 13.5. The Morgan fingerprint density at radius 3 is 2.74 bits per heavy atom. The molecule has 0 aromatic heterocycles. The van der Waals surface area contributed by atoms with E-state index >= 15 is 0 Å². The number of benzene rings is 1. The summed E-state index contributed by atoms with van der Waals surface area (Å²) in [5.74, 6) is -0.796. The minimum Gasteiger partial charge on any atom is -0.383 e. The van der Waals surface area contributed by atoms with Crippen molar-refractivity contribution in [1.82, 2.24) is 10.2 Å². The van der Waals surface area contributed by atoms with Crippen molar-refractivity contribution in [3.05, 3.63) is 35.6 Å². The van der Waals surface area contributed by atoms with E-state index in [1.165, 1.54) is 24.3 Å². The van der Waals surface area contributed by atoms with Gasteiger partial charge in [0.2, 0.25) is 5.91 Å². The van der Waals surface area contributed by atoms with E-state index in [1.54, 1.807) is 12.0 Å². The molecular formula is C17H23FN2O3. The highest BCUT2D eigenvalue weighted by atomic mass is 19.1. The predicted octanol–water partition coefficient (Wildman–Crippen LogP) is 1.83. The van der Waals surface area contributed by atoms with Gasteiger partial charge in [0, 0.05) is 31.8 Å². The van der Waals surface area contributed by atoms with Crippen LogP contribution in [0.1, 0.15) is 30.1 Å². The van der Waals surface area contributed by atoms with Gasteiger partial charge in [-0.2, -0.15) is 0 Å². The van der Waals surface area contributed by atoms with Crippen LogP contribution in [-0.4, -0.2) is 49.6 Å². The van der Waals surface area contributed by atoms with Crippen molar-refractivity contribution < 1.29 is 18.7 Å². The van der Waals surface area contributed by atoms with E-state index in [4.69, 9.17) is 4.74 Å². The lowest BCUT2D eigenvalue weighted by Crippen LogP contribution is -2.47. The fourth-order valence-electron chi connectivity index (χ4n) is 2.80. The zero-order chi connectivity index (χ0) is 16.8. The second-order valence-corrected chi connectivity index (χ2v) is 5.96. The first-order valence-electron chi connectivity index (χ1n) is 7.85. The van der Waals surface area contributed by atoms with Gasteiger partial charge in [0.15, 0.2) is 0 Å². The summed E-state index contributed by atoms with van der Waals surface area (Å²) in [7, 11) is 1.59. The Kier molecular flexibility index (Phi) is 6.10. The summed E-state index contributed by atoms with van der Waals surface area (Å²) in [6.07, 6.45) is 1.54. The van der Waals surface area contributed by atoms with E-state index in [0.29, 0.717) is 25.3 Å². The summed E-state index contributed by atoms with van der Waals surface area (Å²) in [5, 5.41) is 2.91. The number of rotatable bonds is 5. The molecule has 0 radical (unpaired) electrons. The van der Waals surface area contributed by atoms with Crippen LogP contribution in [0.5, 0.6) is 0 Å². The van der Waals surface area contributed by atoms with Crippen LogP contribution >= 0.6 is 0 Å². The Balaban J connectivity index is 1.96. The number of carbonyl (C=O) groups excluding carboxylic acids is 2. The van der Waals surface area contributed by atoms with Crippen LogP contribution in [0, 0.1) is 11.7 Å². The van der Waals surface area contributed by atoms with Gasteiger partial charge in [-0.25, -0.2) is 4.39 Å². The first-order valence-corrected chi connectivity index (χ1v) is 7.85. The number of nitrogens with one attached hydrogen (secondary N) is 1. The molecule has 1 aliphatic rings. The van der Waals surface area contributed by atoms with Crippen molar-refractivity contribution in [2.75, 3.05) is 26.8 Å². The highest BCUT2D eigenvalue weighted by Gasteiger charge is 2.29.